The number of halogens is 1. The van der Waals surface area contributed by atoms with Gasteiger partial charge in [-0.15, -0.1) is 22.7 Å². The van der Waals surface area contributed by atoms with Gasteiger partial charge in [-0.3, -0.25) is 0 Å². The first-order valence-electron chi connectivity index (χ1n) is 14.6. The number of hydrogen-bond acceptors (Lipinski definition) is 11. The van der Waals surface area contributed by atoms with Crippen molar-refractivity contribution in [3.8, 4) is 44.8 Å². The Morgan fingerprint density at radius 2 is 1.23 bits per heavy atom. The highest BCUT2D eigenvalue weighted by Crippen LogP contribution is 2.33. The fraction of sp³-hybridized carbons (Fsp3) is 0.353. The number of aromatic carboxylic acids is 1. The number of aromatic nitrogens is 2. The number of thiazole rings is 2. The van der Waals surface area contributed by atoms with Gasteiger partial charge >= 0.3 is 11.9 Å². The van der Waals surface area contributed by atoms with Gasteiger partial charge in [-0.05, 0) is 69.0 Å². The molecule has 0 aliphatic heterocycles. The van der Waals surface area contributed by atoms with E-state index in [9.17, 15) is 20.1 Å². The Kier molecular flexibility index (Phi) is 13.3. The average Bonchev–Trinajstić information content (AvgIpc) is 3.61. The van der Waals surface area contributed by atoms with Gasteiger partial charge in [0.05, 0.1) is 35.7 Å². The molecule has 1 N–H and O–H groups in total. The molecule has 0 fully saturated rings. The lowest BCUT2D eigenvalue weighted by Gasteiger charge is -2.10. The molecular weight excluding hydrogens is 660 g/mol. The Morgan fingerprint density at radius 3 is 1.60 bits per heavy atom. The summed E-state index contributed by atoms with van der Waals surface area (Å²) in [7, 11) is 0. The normalized spacial score (nSPS) is 11.2. The molecule has 0 spiro atoms. The Morgan fingerprint density at radius 1 is 0.809 bits per heavy atom. The van der Waals surface area contributed by atoms with Gasteiger partial charge in [0.15, 0.2) is 5.56 Å². The van der Waals surface area contributed by atoms with Crippen LogP contribution in [0.15, 0.2) is 36.4 Å². The van der Waals surface area contributed by atoms with Crippen LogP contribution in [-0.2, 0) is 4.74 Å². The molecule has 1 atom stereocenters. The molecule has 4 aromatic rings. The van der Waals surface area contributed by atoms with E-state index in [1.807, 2.05) is 33.8 Å². The molecule has 13 heteroatoms. The molecule has 0 bridgehead atoms. The van der Waals surface area contributed by atoms with E-state index in [1.54, 1.807) is 51.1 Å². The third-order valence-electron chi connectivity index (χ3n) is 6.08. The minimum Gasteiger partial charge on any atom is -0.492 e. The first kappa shape index (κ1) is 37.0. The average molecular weight is 695 g/mol. The number of hydrogen-bond donors (Lipinski definition) is 1. The van der Waals surface area contributed by atoms with Gasteiger partial charge in [-0.25, -0.2) is 19.6 Å². The molecule has 0 amide bonds. The lowest BCUT2D eigenvalue weighted by Crippen LogP contribution is -2.09. The van der Waals surface area contributed by atoms with Gasteiger partial charge in [-0.2, -0.15) is 10.5 Å². The van der Waals surface area contributed by atoms with Crippen molar-refractivity contribution in [1.29, 1.82) is 10.5 Å². The summed E-state index contributed by atoms with van der Waals surface area (Å²) in [6.45, 7) is 14.2. The number of rotatable bonds is 11. The van der Waals surface area contributed by atoms with Crippen molar-refractivity contribution < 1.29 is 28.9 Å². The molecule has 10 nitrogen and oxygen atoms in total. The highest BCUT2D eigenvalue weighted by atomic mass is 35.5. The van der Waals surface area contributed by atoms with Crippen LogP contribution in [0, 0.1) is 48.3 Å². The van der Waals surface area contributed by atoms with Crippen LogP contribution in [0.2, 0.25) is 0 Å². The van der Waals surface area contributed by atoms with Crippen LogP contribution in [-0.4, -0.2) is 45.8 Å². The fourth-order valence-corrected chi connectivity index (χ4v) is 5.82. The van der Waals surface area contributed by atoms with E-state index in [0.717, 1.165) is 16.9 Å². The van der Waals surface area contributed by atoms with Crippen LogP contribution in [0.3, 0.4) is 0 Å². The van der Waals surface area contributed by atoms with Crippen molar-refractivity contribution >= 4 is 46.2 Å². The van der Waals surface area contributed by atoms with Gasteiger partial charge in [0.1, 0.15) is 43.4 Å². The van der Waals surface area contributed by atoms with E-state index in [1.165, 1.54) is 11.3 Å². The molecule has 246 valence electrons. The number of aryl methyl sites for hydroxylation is 2. The largest absolute Gasteiger partial charge is 0.492 e. The molecule has 0 aliphatic rings. The van der Waals surface area contributed by atoms with Crippen LogP contribution in [0.25, 0.3) is 21.1 Å². The maximum atomic E-state index is 12.0. The third kappa shape index (κ3) is 10.2. The van der Waals surface area contributed by atoms with E-state index >= 15 is 0 Å². The molecule has 2 aromatic heterocycles. The number of nitriles is 2. The smallest absolute Gasteiger partial charge is 0.351 e. The minimum atomic E-state index is -0.987. The molecule has 0 aliphatic carbocycles. The summed E-state index contributed by atoms with van der Waals surface area (Å²) in [6, 6.07) is 14.8. The molecule has 4 rings (SSSR count). The van der Waals surface area contributed by atoms with Gasteiger partial charge < -0.3 is 19.3 Å². The Labute approximate surface area is 287 Å². The second-order valence-electron chi connectivity index (χ2n) is 11.2. The van der Waals surface area contributed by atoms with E-state index in [2.05, 4.69) is 22.1 Å². The van der Waals surface area contributed by atoms with Gasteiger partial charge in [0.25, 0.3) is 0 Å². The first-order chi connectivity index (χ1) is 22.2. The predicted molar refractivity (Wildman–Crippen MR) is 182 cm³/mol. The van der Waals surface area contributed by atoms with Crippen LogP contribution < -0.4 is 9.47 Å². The molecule has 2 aromatic carbocycles. The lowest BCUT2D eigenvalue weighted by molar-refractivity contribution is 0.0476. The number of carbonyl (C=O) groups excluding carboxylic acids is 1. The molecule has 0 saturated heterocycles. The Bertz CT molecular complexity index is 1820. The summed E-state index contributed by atoms with van der Waals surface area (Å²) in [5, 5.41) is 28.9. The predicted octanol–water partition coefficient (Wildman–Crippen LogP) is 8.49. The van der Waals surface area contributed by atoms with Crippen LogP contribution in [0.5, 0.6) is 11.5 Å². The van der Waals surface area contributed by atoms with Crippen molar-refractivity contribution in [2.75, 3.05) is 13.2 Å². The first-order valence-corrected chi connectivity index (χ1v) is 16.7. The quantitative estimate of drug-likeness (QED) is 0.119. The molecule has 1 unspecified atom stereocenters. The molecule has 0 saturated carbocycles. The van der Waals surface area contributed by atoms with Crippen LogP contribution in [0.4, 0.5) is 0 Å². The summed E-state index contributed by atoms with van der Waals surface area (Å²) in [4.78, 5) is 32.4. The van der Waals surface area contributed by atoms with Gasteiger partial charge in [-0.1, -0.05) is 39.3 Å². The number of ether oxygens (including phenoxy) is 3. The van der Waals surface area contributed by atoms with Gasteiger partial charge in [0, 0.05) is 11.1 Å². The van der Waals surface area contributed by atoms with E-state index < -0.39 is 17.5 Å². The van der Waals surface area contributed by atoms with Crippen LogP contribution in [0.1, 0.15) is 76.5 Å². The molecule has 2 heterocycles. The highest BCUT2D eigenvalue weighted by molar-refractivity contribution is 7.17. The van der Waals surface area contributed by atoms with Crippen molar-refractivity contribution in [3.05, 3.63) is 68.7 Å². The van der Waals surface area contributed by atoms with Crippen molar-refractivity contribution in [1.82, 2.24) is 9.97 Å². The zero-order valence-corrected chi connectivity index (χ0v) is 29.5. The van der Waals surface area contributed by atoms with Gasteiger partial charge in [0.2, 0.25) is 0 Å². The number of carboxylic acids is 1. The van der Waals surface area contributed by atoms with Crippen molar-refractivity contribution in [3.63, 3.8) is 0 Å². The van der Waals surface area contributed by atoms with E-state index in [0.29, 0.717) is 79.5 Å². The molecule has 47 heavy (non-hydrogen) atoms. The monoisotopic (exact) mass is 694 g/mol. The summed E-state index contributed by atoms with van der Waals surface area (Å²) in [5.41, 5.74) is 2.66. The number of nitrogens with zero attached hydrogens (tertiary/aromatic N) is 4. The molecular formula is C34H35ClN4O6S2. The number of esters is 1. The van der Waals surface area contributed by atoms with Crippen molar-refractivity contribution in [2.45, 2.75) is 54.0 Å². The summed E-state index contributed by atoms with van der Waals surface area (Å²) >= 11 is 8.01. The highest BCUT2D eigenvalue weighted by Gasteiger charge is 2.20. The zero-order valence-electron chi connectivity index (χ0n) is 27.1. The number of carboxylic acid groups (broad SMARTS) is 1. The number of alkyl halides is 1. The minimum absolute atomic E-state index is 0.216. The summed E-state index contributed by atoms with van der Waals surface area (Å²) in [6.07, 6.45) is 0. The van der Waals surface area contributed by atoms with Crippen molar-refractivity contribution in [2.24, 2.45) is 11.8 Å². The lowest BCUT2D eigenvalue weighted by atomic mass is 10.1. The maximum absolute atomic E-state index is 12.0. The standard InChI is InChI=1S/C18H19ClN2O3S.C16H16N2O3S/c1-10(2)9-23-15-6-5-13(7-14(15)8-20)17-21-11(3)16(25-17)18(22)24-12(4)19;1-9(2)8-21-13-5-4-11(6-12(13)7-17)15-18-10(3)14(22-15)16(19)20/h5-7,10,12H,9H2,1-4H3;4-6,9H,8H2,1-3H3,(H,19,20). The Hall–Kier alpha value is -4.49. The topological polar surface area (TPSA) is 155 Å². The number of carbonyl (C=O) groups is 2. The molecule has 0 radical (unpaired) electrons. The van der Waals surface area contributed by atoms with E-state index in [-0.39, 0.29) is 4.88 Å². The maximum Gasteiger partial charge on any atom is 0.351 e. The number of benzene rings is 2. The second kappa shape index (κ2) is 16.9. The van der Waals surface area contributed by atoms with Crippen LogP contribution >= 0.6 is 34.3 Å². The SMILES string of the molecule is Cc1nc(-c2ccc(OCC(C)C)c(C#N)c2)sc1C(=O)O.Cc1nc(-c2ccc(OCC(C)C)c(C#N)c2)sc1C(=O)OC(C)Cl. The fourth-order valence-electron chi connectivity index (χ4n) is 3.89. The third-order valence-corrected chi connectivity index (χ3v) is 8.55. The zero-order chi connectivity index (χ0) is 34.8. The van der Waals surface area contributed by atoms with E-state index in [4.69, 9.17) is 30.9 Å². The summed E-state index contributed by atoms with van der Waals surface area (Å²) < 4.78 is 16.3. The summed E-state index contributed by atoms with van der Waals surface area (Å²) in [5.74, 6) is 0.326. The Balaban J connectivity index is 0.000000257. The second-order valence-corrected chi connectivity index (χ2v) is 13.8.